The van der Waals surface area contributed by atoms with Crippen molar-refractivity contribution in [1.82, 2.24) is 0 Å². The van der Waals surface area contributed by atoms with Gasteiger partial charge >= 0.3 is 5.97 Å². The zero-order valence-corrected chi connectivity index (χ0v) is 8.26. The zero-order valence-electron chi connectivity index (χ0n) is 7.44. The predicted octanol–water partition coefficient (Wildman–Crippen LogP) is 0.0394. The summed E-state index contributed by atoms with van der Waals surface area (Å²) in [6.45, 7) is 5.81. The lowest BCUT2D eigenvalue weighted by molar-refractivity contribution is -0.148. The van der Waals surface area contributed by atoms with Crippen LogP contribution in [0.2, 0.25) is 0 Å². The average molecular weight is 207 g/mol. The second-order valence-corrected chi connectivity index (χ2v) is 4.49. The van der Waals surface area contributed by atoms with Crippen LogP contribution in [0.1, 0.15) is 13.8 Å². The zero-order chi connectivity index (χ0) is 10.7. The van der Waals surface area contributed by atoms with Crippen LogP contribution in [-0.4, -0.2) is 30.3 Å². The molecule has 0 fully saturated rings. The van der Waals surface area contributed by atoms with Crippen LogP contribution in [0.25, 0.3) is 0 Å². The molecular formula is C7H11O5S-. The highest BCUT2D eigenvalue weighted by Gasteiger charge is 2.24. The first-order valence-electron chi connectivity index (χ1n) is 3.45. The van der Waals surface area contributed by atoms with Crippen LogP contribution in [0, 0.1) is 0 Å². The molecule has 0 bridgehead atoms. The van der Waals surface area contributed by atoms with Crippen molar-refractivity contribution in [3.63, 3.8) is 0 Å². The van der Waals surface area contributed by atoms with E-state index in [1.165, 1.54) is 13.8 Å². The van der Waals surface area contributed by atoms with Crippen molar-refractivity contribution >= 4 is 16.1 Å². The van der Waals surface area contributed by atoms with E-state index in [0.717, 1.165) is 6.08 Å². The van der Waals surface area contributed by atoms with E-state index in [-0.39, 0.29) is 0 Å². The number of carbonyl (C=O) groups excluding carboxylic acids is 1. The van der Waals surface area contributed by atoms with E-state index in [4.69, 9.17) is 0 Å². The van der Waals surface area contributed by atoms with Crippen LogP contribution in [0.15, 0.2) is 12.7 Å². The first kappa shape index (κ1) is 12.1. The molecule has 0 aromatic rings. The quantitative estimate of drug-likeness (QED) is 0.369. The monoisotopic (exact) mass is 207 g/mol. The summed E-state index contributed by atoms with van der Waals surface area (Å²) >= 11 is 0. The van der Waals surface area contributed by atoms with E-state index < -0.39 is 27.4 Å². The number of esters is 1. The Morgan fingerprint density at radius 3 is 2.38 bits per heavy atom. The van der Waals surface area contributed by atoms with Crippen LogP contribution < -0.4 is 0 Å². The van der Waals surface area contributed by atoms with Gasteiger partial charge in [-0.2, -0.15) is 0 Å². The van der Waals surface area contributed by atoms with E-state index in [1.807, 2.05) is 0 Å². The third-order valence-corrected chi connectivity index (χ3v) is 2.12. The summed E-state index contributed by atoms with van der Waals surface area (Å²) in [7, 11) is -4.40. The fourth-order valence-corrected chi connectivity index (χ4v) is 1.68. The largest absolute Gasteiger partial charge is 0.748 e. The molecule has 0 radical (unpaired) electrons. The second kappa shape index (κ2) is 3.89. The summed E-state index contributed by atoms with van der Waals surface area (Å²) in [4.78, 5) is 10.7. The Hall–Kier alpha value is -0.880. The summed E-state index contributed by atoms with van der Waals surface area (Å²) in [6, 6.07) is 0. The van der Waals surface area contributed by atoms with Crippen molar-refractivity contribution in [3.05, 3.63) is 12.7 Å². The van der Waals surface area contributed by atoms with E-state index in [9.17, 15) is 17.8 Å². The van der Waals surface area contributed by atoms with Crippen molar-refractivity contribution in [3.8, 4) is 0 Å². The topological polar surface area (TPSA) is 83.5 Å². The molecule has 0 aliphatic carbocycles. The van der Waals surface area contributed by atoms with Gasteiger partial charge in [0.15, 0.2) is 0 Å². The van der Waals surface area contributed by atoms with Gasteiger partial charge in [-0.15, -0.1) is 0 Å². The molecule has 0 atom stereocenters. The van der Waals surface area contributed by atoms with E-state index in [0.29, 0.717) is 0 Å². The van der Waals surface area contributed by atoms with Gasteiger partial charge < -0.3 is 9.29 Å². The molecule has 0 saturated carbocycles. The highest BCUT2D eigenvalue weighted by Crippen LogP contribution is 2.12. The first-order valence-corrected chi connectivity index (χ1v) is 5.03. The number of ether oxygens (including phenoxy) is 1. The summed E-state index contributed by atoms with van der Waals surface area (Å²) < 4.78 is 35.7. The van der Waals surface area contributed by atoms with Crippen LogP contribution in [0.5, 0.6) is 0 Å². The molecule has 0 aliphatic rings. The lowest BCUT2D eigenvalue weighted by Crippen LogP contribution is -2.35. The van der Waals surface area contributed by atoms with Crippen LogP contribution in [-0.2, 0) is 19.6 Å². The van der Waals surface area contributed by atoms with Gasteiger partial charge in [0.05, 0.1) is 15.9 Å². The lowest BCUT2D eigenvalue weighted by atomic mass is 10.2. The maximum absolute atomic E-state index is 10.7. The number of hydrogen-bond acceptors (Lipinski definition) is 5. The van der Waals surface area contributed by atoms with Gasteiger partial charge in [0.25, 0.3) is 0 Å². The molecule has 0 heterocycles. The Kier molecular flexibility index (Phi) is 3.62. The van der Waals surface area contributed by atoms with Gasteiger partial charge in [-0.05, 0) is 13.8 Å². The molecule has 0 spiro atoms. The smallest absolute Gasteiger partial charge is 0.330 e. The molecule has 0 unspecified atom stereocenters. The second-order valence-electron chi connectivity index (χ2n) is 3.09. The Morgan fingerprint density at radius 2 is 2.08 bits per heavy atom. The molecule has 0 aromatic carbocycles. The first-order chi connectivity index (χ1) is 5.66. The minimum absolute atomic E-state index is 0.750. The summed E-state index contributed by atoms with van der Waals surface area (Å²) in [5, 5.41) is 0. The van der Waals surface area contributed by atoms with Gasteiger partial charge in [0.2, 0.25) is 0 Å². The van der Waals surface area contributed by atoms with Gasteiger partial charge in [-0.3, -0.25) is 0 Å². The summed E-state index contributed by atoms with van der Waals surface area (Å²) in [6.07, 6.45) is 0.902. The number of carbonyl (C=O) groups is 1. The minimum Gasteiger partial charge on any atom is -0.748 e. The average Bonchev–Trinajstić information content (AvgIpc) is 1.80. The predicted molar refractivity (Wildman–Crippen MR) is 44.9 cm³/mol. The maximum atomic E-state index is 10.7. The van der Waals surface area contributed by atoms with Crippen molar-refractivity contribution in [2.75, 3.05) is 5.75 Å². The van der Waals surface area contributed by atoms with Gasteiger partial charge in [-0.1, -0.05) is 6.58 Å². The lowest BCUT2D eigenvalue weighted by Gasteiger charge is -2.25. The fourth-order valence-electron chi connectivity index (χ4n) is 0.769. The van der Waals surface area contributed by atoms with Gasteiger partial charge in [0, 0.05) is 6.08 Å². The molecule has 76 valence electrons. The van der Waals surface area contributed by atoms with Crippen molar-refractivity contribution in [2.45, 2.75) is 19.4 Å². The van der Waals surface area contributed by atoms with Crippen LogP contribution >= 0.6 is 0 Å². The molecule has 0 amide bonds. The van der Waals surface area contributed by atoms with Crippen LogP contribution in [0.4, 0.5) is 0 Å². The highest BCUT2D eigenvalue weighted by molar-refractivity contribution is 7.85. The summed E-state index contributed by atoms with van der Waals surface area (Å²) in [5.41, 5.74) is -1.31. The van der Waals surface area contributed by atoms with Crippen molar-refractivity contribution in [1.29, 1.82) is 0 Å². The molecule has 0 N–H and O–H groups in total. The SMILES string of the molecule is C=CC(=O)OC(C)(C)CS(=O)(=O)[O-]. The fraction of sp³-hybridized carbons (Fsp3) is 0.571. The van der Waals surface area contributed by atoms with Gasteiger partial charge in [0.1, 0.15) is 5.60 Å². The third kappa shape index (κ3) is 6.30. The third-order valence-electron chi connectivity index (χ3n) is 1.07. The van der Waals surface area contributed by atoms with E-state index in [1.54, 1.807) is 0 Å². The Labute approximate surface area is 77.1 Å². The van der Waals surface area contributed by atoms with Gasteiger partial charge in [-0.25, -0.2) is 13.2 Å². The van der Waals surface area contributed by atoms with E-state index >= 15 is 0 Å². The number of rotatable bonds is 4. The molecule has 0 saturated heterocycles. The molecule has 0 aliphatic heterocycles. The Bertz CT molecular complexity index is 301. The molecule has 6 heteroatoms. The van der Waals surface area contributed by atoms with Crippen molar-refractivity contribution in [2.24, 2.45) is 0 Å². The molecular weight excluding hydrogens is 196 g/mol. The van der Waals surface area contributed by atoms with E-state index in [2.05, 4.69) is 11.3 Å². The number of hydrogen-bond donors (Lipinski definition) is 0. The Morgan fingerprint density at radius 1 is 1.62 bits per heavy atom. The normalized spacial score (nSPS) is 12.2. The molecule has 0 rings (SSSR count). The molecule has 0 aromatic heterocycles. The highest BCUT2D eigenvalue weighted by atomic mass is 32.2. The molecule has 13 heavy (non-hydrogen) atoms. The standard InChI is InChI=1S/C7H12O5S/c1-4-6(8)12-7(2,3)5-13(9,10)11/h4H,1,5H2,2-3H3,(H,9,10,11)/p-1. The Balaban J connectivity index is 4.41. The molecule has 5 nitrogen and oxygen atoms in total. The summed E-state index contributed by atoms with van der Waals surface area (Å²) in [5.74, 6) is -1.51. The maximum Gasteiger partial charge on any atom is 0.330 e. The van der Waals surface area contributed by atoms with Crippen LogP contribution in [0.3, 0.4) is 0 Å². The van der Waals surface area contributed by atoms with Crippen molar-refractivity contribution < 1.29 is 22.5 Å². The minimum atomic E-state index is -4.40.